The van der Waals surface area contributed by atoms with Gasteiger partial charge in [0, 0.05) is 0 Å². The van der Waals surface area contributed by atoms with Gasteiger partial charge in [-0.15, -0.1) is 0 Å². The van der Waals surface area contributed by atoms with Gasteiger partial charge in [-0.2, -0.15) is 0 Å². The second-order valence-corrected chi connectivity index (χ2v) is 7.50. The molecule has 0 aliphatic rings. The van der Waals surface area contributed by atoms with Crippen molar-refractivity contribution in [1.29, 1.82) is 0 Å². The second-order valence-electron chi connectivity index (χ2n) is 2.50. The van der Waals surface area contributed by atoms with Crippen molar-refractivity contribution in [3.05, 3.63) is 0 Å². The molecule has 0 rings (SSSR count). The summed E-state index contributed by atoms with van der Waals surface area (Å²) < 4.78 is 0. The molecule has 0 unspecified atom stereocenters. The van der Waals surface area contributed by atoms with Crippen LogP contribution in [0, 0.1) is 0 Å². The predicted octanol–water partition coefficient (Wildman–Crippen LogP) is -85.6. The van der Waals surface area contributed by atoms with E-state index in [0.717, 1.165) is 0 Å². The molecule has 0 saturated heterocycles. The summed E-state index contributed by atoms with van der Waals surface area (Å²) in [5, 5.41) is 0. The SMILES string of the molecule is [Li+].[Li+].[Li+].[Li+].[Li+].[Li+].[Li+].[Li+].[Li+].[Li+].[Li+].[Li+].[Li+].[Li+].[Li+].[Li+].[Li+].[Li+].[Li+].[Li+].[O-][Si]([O-])([O-])[O-].[O-][Si]([O-])([O-])[O-].[O-][Si]([O-])([O-])[O-].[O-][Si]([O-])([O-])[O-].[O-][Si]([O-])([O-])[O-]. The van der Waals surface area contributed by atoms with Gasteiger partial charge in [-0.25, -0.2) is 0 Å². The van der Waals surface area contributed by atoms with E-state index in [1.165, 1.54) is 0 Å². The Bertz CT molecular complexity index is 210. The molecule has 0 aromatic carbocycles. The summed E-state index contributed by atoms with van der Waals surface area (Å²) in [6.07, 6.45) is 0. The van der Waals surface area contributed by atoms with Gasteiger partial charge in [0.15, 0.2) is 0 Å². The third kappa shape index (κ3) is 1110. The molecule has 0 aromatic rings. The molecule has 0 N–H and O–H groups in total. The first kappa shape index (κ1) is 174. The Balaban J connectivity index is -0.00000000435. The van der Waals surface area contributed by atoms with Crippen molar-refractivity contribution in [3.8, 4) is 0 Å². The summed E-state index contributed by atoms with van der Waals surface area (Å²) in [5.74, 6) is 0. The smallest absolute Gasteiger partial charge is 0.894 e. The monoisotopic (exact) mass is 600 g/mol. The van der Waals surface area contributed by atoms with Crippen molar-refractivity contribution < 1.29 is 473 Å². The Morgan fingerprint density at radius 1 is 0.111 bits per heavy atom. The van der Waals surface area contributed by atoms with Gasteiger partial charge in [-0.3, -0.25) is 0 Å². The van der Waals surface area contributed by atoms with Crippen LogP contribution >= 0.6 is 0 Å². The molecule has 160 valence electrons. The van der Waals surface area contributed by atoms with E-state index in [4.69, 9.17) is 95.9 Å². The summed E-state index contributed by atoms with van der Waals surface area (Å²) in [5.41, 5.74) is 0. The molecule has 0 saturated carbocycles. The fraction of sp³-hybridized carbons (Fsp3) is 0. The quantitative estimate of drug-likeness (QED) is 0.233. The maximum Gasteiger partial charge on any atom is 1.00 e. The van der Waals surface area contributed by atoms with Crippen molar-refractivity contribution in [1.82, 2.24) is 0 Å². The van der Waals surface area contributed by atoms with Gasteiger partial charge in [0.2, 0.25) is 0 Å². The van der Waals surface area contributed by atoms with E-state index < -0.39 is 45.2 Å². The molecule has 0 heterocycles. The van der Waals surface area contributed by atoms with Crippen LogP contribution in [-0.2, 0) is 0 Å². The van der Waals surface area contributed by atoms with E-state index in [2.05, 4.69) is 0 Å². The summed E-state index contributed by atoms with van der Waals surface area (Å²) in [4.78, 5) is 172. The van der Waals surface area contributed by atoms with Gasteiger partial charge in [0.05, 0.1) is 0 Å². The fourth-order valence-corrected chi connectivity index (χ4v) is 0. The summed E-state index contributed by atoms with van der Waals surface area (Å²) >= 11 is 0. The van der Waals surface area contributed by atoms with E-state index in [1.807, 2.05) is 0 Å². The van der Waals surface area contributed by atoms with Crippen LogP contribution in [0.15, 0.2) is 0 Å². The van der Waals surface area contributed by atoms with Crippen molar-refractivity contribution in [2.45, 2.75) is 0 Å². The van der Waals surface area contributed by atoms with E-state index in [1.54, 1.807) is 0 Å². The minimum Gasteiger partial charge on any atom is -0.894 e. The Kier molecular flexibility index (Phi) is 372. The Morgan fingerprint density at radius 2 is 0.111 bits per heavy atom. The van der Waals surface area contributed by atoms with Crippen LogP contribution < -0.4 is 473 Å². The molecule has 45 heteroatoms. The number of hydrogen-bond donors (Lipinski definition) is 0. The van der Waals surface area contributed by atoms with Crippen LogP contribution in [0.1, 0.15) is 0 Å². The Labute approximate surface area is 508 Å². The van der Waals surface area contributed by atoms with Crippen LogP contribution in [-0.4, -0.2) is 45.2 Å². The Morgan fingerprint density at radius 3 is 0.111 bits per heavy atom. The van der Waals surface area contributed by atoms with Gasteiger partial charge in [-0.05, 0) is 0 Å². The first-order valence-electron chi connectivity index (χ1n) is 4.08. The molecule has 0 spiro atoms. The van der Waals surface area contributed by atoms with Gasteiger partial charge in [0.25, 0.3) is 0 Å². The third-order valence-corrected chi connectivity index (χ3v) is 0. The van der Waals surface area contributed by atoms with E-state index in [0.29, 0.717) is 0 Å². The molecule has 20 nitrogen and oxygen atoms in total. The summed E-state index contributed by atoms with van der Waals surface area (Å²) in [6.45, 7) is 0. The molecule has 0 atom stereocenters. The summed E-state index contributed by atoms with van der Waals surface area (Å²) in [6, 6.07) is 0. The number of rotatable bonds is 0. The number of hydrogen-bond acceptors (Lipinski definition) is 20. The van der Waals surface area contributed by atoms with Crippen LogP contribution in [0.25, 0.3) is 0 Å². The van der Waals surface area contributed by atoms with E-state index in [-0.39, 0.29) is 377 Å². The van der Waals surface area contributed by atoms with Crippen LogP contribution in [0.2, 0.25) is 0 Å². The van der Waals surface area contributed by atoms with Crippen molar-refractivity contribution >= 4 is 45.2 Å². The van der Waals surface area contributed by atoms with Crippen molar-refractivity contribution in [2.75, 3.05) is 0 Å². The Hall–Kier alpha value is 12.2. The normalized spacial score (nSPS) is 6.67. The van der Waals surface area contributed by atoms with Crippen LogP contribution in [0.5, 0.6) is 0 Å². The van der Waals surface area contributed by atoms with Crippen molar-refractivity contribution in [3.63, 3.8) is 0 Å². The largest absolute Gasteiger partial charge is 1.00 e. The molecule has 45 heavy (non-hydrogen) atoms. The van der Waals surface area contributed by atoms with Gasteiger partial charge < -0.3 is 141 Å². The van der Waals surface area contributed by atoms with Crippen LogP contribution in [0.4, 0.5) is 0 Å². The molecule has 0 aliphatic carbocycles. The van der Waals surface area contributed by atoms with E-state index >= 15 is 0 Å². The van der Waals surface area contributed by atoms with E-state index in [9.17, 15) is 0 Å². The molecular weight excluding hydrogens is 599 g/mol. The predicted molar refractivity (Wildman–Crippen MR) is 28.8 cm³/mol. The van der Waals surface area contributed by atoms with Crippen LogP contribution in [0.3, 0.4) is 0 Å². The molecule has 0 fully saturated rings. The second kappa shape index (κ2) is 96.2. The van der Waals surface area contributed by atoms with Gasteiger partial charge in [-0.1, -0.05) is 0 Å². The zero-order valence-electron chi connectivity index (χ0n) is 30.7. The molecule has 0 bridgehead atoms. The molecular formula is Li20O20Si5. The van der Waals surface area contributed by atoms with Crippen molar-refractivity contribution in [2.24, 2.45) is 0 Å². The third-order valence-electron chi connectivity index (χ3n) is 0. The fourth-order valence-electron chi connectivity index (χ4n) is 0. The molecule has 0 aromatic heterocycles. The minimum absolute atomic E-state index is 0. The zero-order valence-corrected chi connectivity index (χ0v) is 35.7. The molecule has 0 aliphatic heterocycles. The first-order valence-corrected chi connectivity index (χ1v) is 12.2. The average molecular weight is 599 g/mol. The maximum absolute atomic E-state index is 8.58. The minimum atomic E-state index is -5.61. The first-order chi connectivity index (χ1) is 10.0. The zero-order chi connectivity index (χ0) is 22.5. The molecule has 0 amide bonds. The maximum atomic E-state index is 8.58. The standard InChI is InChI=1S/20Li.5O4Si/c;;;;;;;;;;;;;;;;;;;;5*1-5(2,3)4/q20*+1;5*-4. The summed E-state index contributed by atoms with van der Waals surface area (Å²) in [7, 11) is -28.1. The van der Waals surface area contributed by atoms with Gasteiger partial charge in [0.1, 0.15) is 0 Å². The topological polar surface area (TPSA) is 461 Å². The molecule has 0 radical (unpaired) electrons. The van der Waals surface area contributed by atoms with Gasteiger partial charge >= 0.3 is 377 Å². The average Bonchev–Trinajstić information content (AvgIpc) is 1.79.